The van der Waals surface area contributed by atoms with E-state index in [0.717, 1.165) is 5.69 Å². The van der Waals surface area contributed by atoms with Crippen LogP contribution in [0.3, 0.4) is 0 Å². The summed E-state index contributed by atoms with van der Waals surface area (Å²) in [5.74, 6) is 0.629. The maximum absolute atomic E-state index is 12.2. The molecule has 3 rings (SSSR count). The summed E-state index contributed by atoms with van der Waals surface area (Å²) in [5.41, 5.74) is 2.76. The molecular formula is C17H16ClN3O. The molecule has 1 heterocycles. The monoisotopic (exact) mass is 313 g/mol. The molecule has 5 heteroatoms. The lowest BCUT2D eigenvalue weighted by atomic mass is 10.2. The van der Waals surface area contributed by atoms with Crippen LogP contribution in [0.1, 0.15) is 11.4 Å². The fourth-order valence-electron chi connectivity index (χ4n) is 2.42. The van der Waals surface area contributed by atoms with E-state index in [-0.39, 0.29) is 5.56 Å². The molecule has 0 fully saturated rings. The number of anilines is 1. The van der Waals surface area contributed by atoms with Gasteiger partial charge in [-0.3, -0.25) is 4.79 Å². The van der Waals surface area contributed by atoms with Gasteiger partial charge in [0.2, 0.25) is 0 Å². The largest absolute Gasteiger partial charge is 0.367 e. The molecule has 22 heavy (non-hydrogen) atoms. The van der Waals surface area contributed by atoms with E-state index in [2.05, 4.69) is 29.0 Å². The van der Waals surface area contributed by atoms with Crippen LogP contribution in [-0.2, 0) is 6.54 Å². The Bertz CT molecular complexity index is 888. The topological polar surface area (TPSA) is 49.0 Å². The zero-order chi connectivity index (χ0) is 15.7. The number of rotatable bonds is 3. The van der Waals surface area contributed by atoms with Gasteiger partial charge in [0.1, 0.15) is 5.82 Å². The van der Waals surface area contributed by atoms with Crippen molar-refractivity contribution in [3.8, 4) is 0 Å². The maximum atomic E-state index is 12.2. The summed E-state index contributed by atoms with van der Waals surface area (Å²) < 4.78 is 0. The third-order valence-corrected chi connectivity index (χ3v) is 3.78. The van der Waals surface area contributed by atoms with Crippen LogP contribution in [0.25, 0.3) is 10.9 Å². The molecule has 0 saturated heterocycles. The molecule has 1 N–H and O–H groups in total. The van der Waals surface area contributed by atoms with E-state index in [1.807, 2.05) is 24.1 Å². The van der Waals surface area contributed by atoms with Gasteiger partial charge in [-0.2, -0.15) is 0 Å². The molecule has 0 atom stereocenters. The van der Waals surface area contributed by atoms with E-state index in [0.29, 0.717) is 28.3 Å². The zero-order valence-electron chi connectivity index (χ0n) is 12.4. The number of aryl methyl sites for hydroxylation is 1. The van der Waals surface area contributed by atoms with Crippen LogP contribution in [0, 0.1) is 6.92 Å². The molecule has 0 unspecified atom stereocenters. The average Bonchev–Trinajstić information content (AvgIpc) is 2.48. The van der Waals surface area contributed by atoms with E-state index >= 15 is 0 Å². The highest BCUT2D eigenvalue weighted by molar-refractivity contribution is 6.31. The Morgan fingerprint density at radius 2 is 2.05 bits per heavy atom. The molecule has 3 aromatic rings. The number of H-pyrrole nitrogens is 1. The second kappa shape index (κ2) is 5.81. The third-order valence-electron chi connectivity index (χ3n) is 3.55. The fraction of sp³-hybridized carbons (Fsp3) is 0.176. The second-order valence-corrected chi connectivity index (χ2v) is 5.81. The molecule has 0 amide bonds. The summed E-state index contributed by atoms with van der Waals surface area (Å²) in [4.78, 5) is 21.5. The number of hydrogen-bond donors (Lipinski definition) is 1. The minimum atomic E-state index is -0.167. The summed E-state index contributed by atoms with van der Waals surface area (Å²) in [6, 6.07) is 13.3. The normalized spacial score (nSPS) is 10.9. The predicted octanol–water partition coefficient (Wildman–Crippen LogP) is 3.52. The Labute approximate surface area is 133 Å². The molecular weight excluding hydrogens is 298 g/mol. The molecule has 0 saturated carbocycles. The van der Waals surface area contributed by atoms with Gasteiger partial charge in [-0.1, -0.05) is 23.7 Å². The molecule has 0 radical (unpaired) electrons. The molecule has 1 aromatic heterocycles. The molecule has 112 valence electrons. The van der Waals surface area contributed by atoms with Crippen molar-refractivity contribution in [3.05, 3.63) is 69.2 Å². The van der Waals surface area contributed by atoms with E-state index in [1.54, 1.807) is 18.2 Å². The summed E-state index contributed by atoms with van der Waals surface area (Å²) in [7, 11) is 1.97. The van der Waals surface area contributed by atoms with Gasteiger partial charge in [0.25, 0.3) is 5.56 Å². The quantitative estimate of drug-likeness (QED) is 0.805. The highest BCUT2D eigenvalue weighted by Gasteiger charge is 2.08. The Balaban J connectivity index is 1.94. The number of nitrogens with one attached hydrogen (secondary N) is 1. The highest BCUT2D eigenvalue weighted by atomic mass is 35.5. The summed E-state index contributed by atoms with van der Waals surface area (Å²) in [5, 5.41) is 1.04. The number of fused-ring (bicyclic) bond motifs is 1. The first-order valence-corrected chi connectivity index (χ1v) is 7.37. The molecule has 2 aromatic carbocycles. The van der Waals surface area contributed by atoms with Crippen molar-refractivity contribution in [2.75, 3.05) is 11.9 Å². The zero-order valence-corrected chi connectivity index (χ0v) is 13.2. The molecule has 0 aliphatic heterocycles. The SMILES string of the molecule is Cc1cccc(N(C)Cc2nc3ccc(Cl)cc3c(=O)[nH]2)c1. The summed E-state index contributed by atoms with van der Waals surface area (Å²) in [6.07, 6.45) is 0. The summed E-state index contributed by atoms with van der Waals surface area (Å²) >= 11 is 5.92. The number of hydrogen-bond acceptors (Lipinski definition) is 3. The molecule has 0 aliphatic rings. The minimum Gasteiger partial charge on any atom is -0.367 e. The summed E-state index contributed by atoms with van der Waals surface area (Å²) in [6.45, 7) is 2.58. The minimum absolute atomic E-state index is 0.167. The maximum Gasteiger partial charge on any atom is 0.258 e. The number of aromatic nitrogens is 2. The van der Waals surface area contributed by atoms with E-state index in [1.165, 1.54) is 5.56 Å². The highest BCUT2D eigenvalue weighted by Crippen LogP contribution is 2.17. The van der Waals surface area contributed by atoms with Gasteiger partial charge in [0.05, 0.1) is 17.4 Å². The van der Waals surface area contributed by atoms with E-state index in [4.69, 9.17) is 11.6 Å². The molecule has 0 bridgehead atoms. The third kappa shape index (κ3) is 2.97. The standard InChI is InChI=1S/C17H16ClN3O/c1-11-4-3-5-13(8-11)21(2)10-16-19-15-7-6-12(18)9-14(15)17(22)20-16/h3-9H,10H2,1-2H3,(H,19,20,22). The number of aromatic amines is 1. The van der Waals surface area contributed by atoms with E-state index < -0.39 is 0 Å². The Morgan fingerprint density at radius 1 is 1.23 bits per heavy atom. The first-order chi connectivity index (χ1) is 10.5. The van der Waals surface area contributed by atoms with Crippen LogP contribution in [0.15, 0.2) is 47.3 Å². The Kier molecular flexibility index (Phi) is 3.86. The van der Waals surface area contributed by atoms with E-state index in [9.17, 15) is 4.79 Å². The number of halogens is 1. The fourth-order valence-corrected chi connectivity index (χ4v) is 2.59. The van der Waals surface area contributed by atoms with Crippen LogP contribution in [0.2, 0.25) is 5.02 Å². The second-order valence-electron chi connectivity index (χ2n) is 5.37. The van der Waals surface area contributed by atoms with Gasteiger partial charge in [-0.05, 0) is 42.8 Å². The molecule has 0 spiro atoms. The molecule has 0 aliphatic carbocycles. The first-order valence-electron chi connectivity index (χ1n) is 6.99. The van der Waals surface area contributed by atoms with Gasteiger partial charge in [-0.25, -0.2) is 4.98 Å². The van der Waals surface area contributed by atoms with Crippen molar-refractivity contribution in [3.63, 3.8) is 0 Å². The van der Waals surface area contributed by atoms with Gasteiger partial charge < -0.3 is 9.88 Å². The lowest BCUT2D eigenvalue weighted by molar-refractivity contribution is 0.840. The van der Waals surface area contributed by atoms with Crippen molar-refractivity contribution < 1.29 is 0 Å². The average molecular weight is 314 g/mol. The number of nitrogens with zero attached hydrogens (tertiary/aromatic N) is 2. The van der Waals surface area contributed by atoms with Gasteiger partial charge in [0, 0.05) is 17.8 Å². The smallest absolute Gasteiger partial charge is 0.258 e. The predicted molar refractivity (Wildman–Crippen MR) is 90.7 cm³/mol. The van der Waals surface area contributed by atoms with Crippen LogP contribution in [0.4, 0.5) is 5.69 Å². The van der Waals surface area contributed by atoms with Crippen molar-refractivity contribution in [1.29, 1.82) is 0 Å². The van der Waals surface area contributed by atoms with Crippen molar-refractivity contribution in [2.45, 2.75) is 13.5 Å². The van der Waals surface area contributed by atoms with Gasteiger partial charge in [-0.15, -0.1) is 0 Å². The lowest BCUT2D eigenvalue weighted by Gasteiger charge is -2.19. The van der Waals surface area contributed by atoms with Crippen LogP contribution in [-0.4, -0.2) is 17.0 Å². The lowest BCUT2D eigenvalue weighted by Crippen LogP contribution is -2.21. The van der Waals surface area contributed by atoms with Gasteiger partial charge in [0.15, 0.2) is 0 Å². The van der Waals surface area contributed by atoms with Crippen molar-refractivity contribution >= 4 is 28.2 Å². The molecule has 4 nitrogen and oxygen atoms in total. The van der Waals surface area contributed by atoms with Crippen LogP contribution < -0.4 is 10.5 Å². The van der Waals surface area contributed by atoms with Crippen LogP contribution in [0.5, 0.6) is 0 Å². The van der Waals surface area contributed by atoms with Gasteiger partial charge >= 0.3 is 0 Å². The Morgan fingerprint density at radius 3 is 2.82 bits per heavy atom. The van der Waals surface area contributed by atoms with Crippen molar-refractivity contribution in [2.24, 2.45) is 0 Å². The first kappa shape index (κ1) is 14.6. The Hall–Kier alpha value is -2.33. The van der Waals surface area contributed by atoms with Crippen molar-refractivity contribution in [1.82, 2.24) is 9.97 Å². The number of benzene rings is 2. The van der Waals surface area contributed by atoms with Crippen LogP contribution >= 0.6 is 11.6 Å².